The highest BCUT2D eigenvalue weighted by molar-refractivity contribution is 5.77. The fourth-order valence-corrected chi connectivity index (χ4v) is 1.91. The Bertz CT molecular complexity index is 443. The van der Waals surface area contributed by atoms with E-state index in [4.69, 9.17) is 4.74 Å². The molecular weight excluding hydrogens is 233 g/mol. The first kappa shape index (κ1) is 13.0. The number of rotatable bonds is 5. The molecule has 3 nitrogen and oxygen atoms in total. The second-order valence-corrected chi connectivity index (χ2v) is 4.82. The minimum atomic E-state index is -0.505. The van der Waals surface area contributed by atoms with Gasteiger partial charge in [-0.15, -0.1) is 0 Å². The second-order valence-electron chi connectivity index (χ2n) is 4.82. The van der Waals surface area contributed by atoms with Crippen molar-refractivity contribution in [1.82, 2.24) is 5.32 Å². The summed E-state index contributed by atoms with van der Waals surface area (Å²) in [5, 5.41) is 3.20. The van der Waals surface area contributed by atoms with Crippen LogP contribution in [0.25, 0.3) is 0 Å². The van der Waals surface area contributed by atoms with E-state index in [2.05, 4.69) is 5.32 Å². The van der Waals surface area contributed by atoms with Crippen molar-refractivity contribution in [3.05, 3.63) is 35.1 Å². The fraction of sp³-hybridized carbons (Fsp3) is 0.500. The highest BCUT2D eigenvalue weighted by Crippen LogP contribution is 2.29. The van der Waals surface area contributed by atoms with E-state index in [1.807, 2.05) is 0 Å². The van der Waals surface area contributed by atoms with Gasteiger partial charge < -0.3 is 10.1 Å². The van der Waals surface area contributed by atoms with Crippen molar-refractivity contribution in [2.45, 2.75) is 25.8 Å². The molecule has 0 heterocycles. The van der Waals surface area contributed by atoms with Crippen LogP contribution < -0.4 is 5.32 Å². The Balaban J connectivity index is 2.14. The second kappa shape index (κ2) is 5.48. The van der Waals surface area contributed by atoms with Crippen LogP contribution >= 0.6 is 0 Å². The van der Waals surface area contributed by atoms with Gasteiger partial charge in [0.25, 0.3) is 0 Å². The number of aryl methyl sites for hydroxylation is 1. The highest BCUT2D eigenvalue weighted by Gasteiger charge is 2.26. The van der Waals surface area contributed by atoms with Crippen LogP contribution in [-0.4, -0.2) is 19.6 Å². The summed E-state index contributed by atoms with van der Waals surface area (Å²) < 4.78 is 18.0. The summed E-state index contributed by atoms with van der Waals surface area (Å²) in [5.74, 6) is 0.0740. The number of nitrogens with one attached hydrogen (secondary N) is 1. The zero-order valence-electron chi connectivity index (χ0n) is 10.7. The van der Waals surface area contributed by atoms with Gasteiger partial charge in [-0.3, -0.25) is 0 Å². The monoisotopic (exact) mass is 251 g/mol. The van der Waals surface area contributed by atoms with Crippen LogP contribution in [0.3, 0.4) is 0 Å². The third-order valence-corrected chi connectivity index (χ3v) is 3.26. The molecule has 0 bridgehead atoms. The molecule has 4 heteroatoms. The molecule has 0 aliphatic heterocycles. The Morgan fingerprint density at radius 1 is 1.56 bits per heavy atom. The minimum absolute atomic E-state index is 0.260. The summed E-state index contributed by atoms with van der Waals surface area (Å²) in [7, 11) is 1.37. The summed E-state index contributed by atoms with van der Waals surface area (Å²) in [6, 6.07) is 4.20. The molecule has 2 rings (SSSR count). The maximum Gasteiger partial charge on any atom is 0.327 e. The Morgan fingerprint density at radius 2 is 2.28 bits per heavy atom. The van der Waals surface area contributed by atoms with Gasteiger partial charge in [0, 0.05) is 0 Å². The summed E-state index contributed by atoms with van der Waals surface area (Å²) in [4.78, 5) is 11.8. The van der Waals surface area contributed by atoms with Gasteiger partial charge in [-0.05, 0) is 49.4 Å². The number of ether oxygens (including phenoxy) is 1. The van der Waals surface area contributed by atoms with Gasteiger partial charge in [-0.25, -0.2) is 9.18 Å². The molecule has 1 aliphatic rings. The normalized spacial score (nSPS) is 16.4. The fourth-order valence-electron chi connectivity index (χ4n) is 1.91. The predicted molar refractivity (Wildman–Crippen MR) is 66.6 cm³/mol. The first-order valence-electron chi connectivity index (χ1n) is 6.19. The first-order valence-corrected chi connectivity index (χ1v) is 6.19. The SMILES string of the molecule is COC(=O)C(NCC1CC1)c1ccc(F)c(C)c1. The lowest BCUT2D eigenvalue weighted by Crippen LogP contribution is -2.31. The summed E-state index contributed by atoms with van der Waals surface area (Å²) in [6.07, 6.45) is 2.42. The Hall–Kier alpha value is -1.42. The van der Waals surface area contributed by atoms with Crippen molar-refractivity contribution in [2.24, 2.45) is 5.92 Å². The predicted octanol–water partition coefficient (Wildman–Crippen LogP) is 2.35. The summed E-state index contributed by atoms with van der Waals surface area (Å²) >= 11 is 0. The van der Waals surface area contributed by atoms with Gasteiger partial charge in [-0.1, -0.05) is 12.1 Å². The largest absolute Gasteiger partial charge is 0.468 e. The first-order chi connectivity index (χ1) is 8.61. The highest BCUT2D eigenvalue weighted by atomic mass is 19.1. The number of esters is 1. The smallest absolute Gasteiger partial charge is 0.327 e. The quantitative estimate of drug-likeness (QED) is 0.816. The summed E-state index contributed by atoms with van der Waals surface area (Å²) in [6.45, 7) is 2.49. The lowest BCUT2D eigenvalue weighted by atomic mass is 10.0. The average Bonchev–Trinajstić information content (AvgIpc) is 3.17. The van der Waals surface area contributed by atoms with Gasteiger partial charge in [0.15, 0.2) is 0 Å². The van der Waals surface area contributed by atoms with E-state index in [1.165, 1.54) is 26.0 Å². The molecule has 1 unspecified atom stereocenters. The van der Waals surface area contributed by atoms with E-state index in [1.54, 1.807) is 19.1 Å². The van der Waals surface area contributed by atoms with Gasteiger partial charge in [0.2, 0.25) is 0 Å². The van der Waals surface area contributed by atoms with E-state index in [-0.39, 0.29) is 11.8 Å². The van der Waals surface area contributed by atoms with E-state index in [0.29, 0.717) is 11.5 Å². The molecule has 98 valence electrons. The molecule has 1 saturated carbocycles. The topological polar surface area (TPSA) is 38.3 Å². The summed E-state index contributed by atoms with van der Waals surface area (Å²) in [5.41, 5.74) is 1.29. The third kappa shape index (κ3) is 3.07. The number of methoxy groups -OCH3 is 1. The van der Waals surface area contributed by atoms with Gasteiger partial charge >= 0.3 is 5.97 Å². The van der Waals surface area contributed by atoms with Gasteiger partial charge in [-0.2, -0.15) is 0 Å². The number of carbonyl (C=O) groups is 1. The molecule has 0 saturated heterocycles. The molecule has 0 amide bonds. The van der Waals surface area contributed by atoms with Crippen LogP contribution in [0.2, 0.25) is 0 Å². The molecule has 18 heavy (non-hydrogen) atoms. The number of hydrogen-bond donors (Lipinski definition) is 1. The Labute approximate surface area is 106 Å². The molecule has 1 fully saturated rings. The standard InChI is InChI=1S/C14H18FNO2/c1-9-7-11(5-6-12(9)15)13(14(17)18-2)16-8-10-3-4-10/h5-7,10,13,16H,3-4,8H2,1-2H3. The molecule has 0 aromatic heterocycles. The number of hydrogen-bond acceptors (Lipinski definition) is 3. The molecule has 1 aromatic carbocycles. The van der Waals surface area contributed by atoms with Crippen LogP contribution in [0.15, 0.2) is 18.2 Å². The van der Waals surface area contributed by atoms with Crippen molar-refractivity contribution in [3.63, 3.8) is 0 Å². The lowest BCUT2D eigenvalue weighted by molar-refractivity contribution is -0.143. The Kier molecular flexibility index (Phi) is 3.97. The lowest BCUT2D eigenvalue weighted by Gasteiger charge is -2.17. The van der Waals surface area contributed by atoms with Crippen LogP contribution in [0, 0.1) is 18.7 Å². The number of halogens is 1. The molecule has 1 atom stereocenters. The number of benzene rings is 1. The average molecular weight is 251 g/mol. The maximum atomic E-state index is 13.2. The number of carbonyl (C=O) groups excluding carboxylic acids is 1. The Morgan fingerprint density at radius 3 is 2.83 bits per heavy atom. The van der Waals surface area contributed by atoms with Crippen LogP contribution in [0.1, 0.15) is 30.0 Å². The molecular formula is C14H18FNO2. The van der Waals surface area contributed by atoms with Gasteiger partial charge in [0.1, 0.15) is 11.9 Å². The molecule has 1 aliphatic carbocycles. The van der Waals surface area contributed by atoms with Crippen molar-refractivity contribution < 1.29 is 13.9 Å². The van der Waals surface area contributed by atoms with Crippen LogP contribution in [0.5, 0.6) is 0 Å². The zero-order valence-corrected chi connectivity index (χ0v) is 10.7. The zero-order chi connectivity index (χ0) is 13.1. The van der Waals surface area contributed by atoms with Crippen molar-refractivity contribution in [2.75, 3.05) is 13.7 Å². The molecule has 1 N–H and O–H groups in total. The molecule has 1 aromatic rings. The van der Waals surface area contributed by atoms with Gasteiger partial charge in [0.05, 0.1) is 7.11 Å². The van der Waals surface area contributed by atoms with E-state index in [9.17, 15) is 9.18 Å². The van der Waals surface area contributed by atoms with Crippen molar-refractivity contribution in [3.8, 4) is 0 Å². The molecule has 0 radical (unpaired) electrons. The van der Waals surface area contributed by atoms with Crippen molar-refractivity contribution in [1.29, 1.82) is 0 Å². The van der Waals surface area contributed by atoms with E-state index < -0.39 is 6.04 Å². The van der Waals surface area contributed by atoms with Crippen LogP contribution in [-0.2, 0) is 9.53 Å². The van der Waals surface area contributed by atoms with Crippen LogP contribution in [0.4, 0.5) is 4.39 Å². The molecule has 0 spiro atoms. The maximum absolute atomic E-state index is 13.2. The third-order valence-electron chi connectivity index (χ3n) is 3.26. The van der Waals surface area contributed by atoms with E-state index >= 15 is 0 Å². The minimum Gasteiger partial charge on any atom is -0.468 e. The van der Waals surface area contributed by atoms with E-state index in [0.717, 1.165) is 12.1 Å². The van der Waals surface area contributed by atoms with Crippen molar-refractivity contribution >= 4 is 5.97 Å².